The Morgan fingerprint density at radius 3 is 1.33 bits per heavy atom. The molecule has 0 aromatic rings. The lowest BCUT2D eigenvalue weighted by atomic mass is 10.1. The molecule has 18 heavy (non-hydrogen) atoms. The van der Waals surface area contributed by atoms with E-state index in [0.29, 0.717) is 0 Å². The highest BCUT2D eigenvalue weighted by molar-refractivity contribution is 5.73. The Balaban J connectivity index is 0.000000180. The van der Waals surface area contributed by atoms with Gasteiger partial charge in [-0.05, 0) is 38.8 Å². The molecule has 0 aromatic heterocycles. The van der Waals surface area contributed by atoms with E-state index in [4.69, 9.17) is 10.2 Å². The van der Waals surface area contributed by atoms with Crippen LogP contribution in [0.2, 0.25) is 0 Å². The third-order valence-corrected chi connectivity index (χ3v) is 3.22. The second-order valence-electron chi connectivity index (χ2n) is 4.68. The van der Waals surface area contributed by atoms with E-state index in [0.717, 1.165) is 51.6 Å². The van der Waals surface area contributed by atoms with E-state index in [1.54, 1.807) is 0 Å². The summed E-state index contributed by atoms with van der Waals surface area (Å²) in [5.41, 5.74) is 0. The lowest BCUT2D eigenvalue weighted by Gasteiger charge is -2.18. The van der Waals surface area contributed by atoms with Crippen molar-refractivity contribution in [2.45, 2.75) is 50.6 Å². The lowest BCUT2D eigenvalue weighted by molar-refractivity contribution is -0.141. The molecule has 2 heterocycles. The number of nitrogens with one attached hydrogen (secondary N) is 2. The first-order chi connectivity index (χ1) is 8.61. The fourth-order valence-corrected chi connectivity index (χ4v) is 2.13. The predicted octanol–water partition coefficient (Wildman–Crippen LogP) is 0.426. The molecule has 4 N–H and O–H groups in total. The third kappa shape index (κ3) is 5.46. The Bertz CT molecular complexity index is 243. The van der Waals surface area contributed by atoms with Crippen LogP contribution in [0, 0.1) is 0 Å². The van der Waals surface area contributed by atoms with Gasteiger partial charge in [0.1, 0.15) is 12.1 Å². The number of piperidine rings is 2. The number of rotatable bonds is 2. The summed E-state index contributed by atoms with van der Waals surface area (Å²) in [6.07, 6.45) is 5.90. The number of carboxylic acid groups (broad SMARTS) is 2. The lowest BCUT2D eigenvalue weighted by Crippen LogP contribution is -2.40. The number of carbonyl (C=O) groups is 2. The molecule has 2 fully saturated rings. The zero-order valence-corrected chi connectivity index (χ0v) is 10.5. The van der Waals surface area contributed by atoms with Crippen molar-refractivity contribution in [3.8, 4) is 0 Å². The molecular weight excluding hydrogens is 236 g/mol. The Kier molecular flexibility index (Phi) is 6.67. The molecule has 2 saturated heterocycles. The standard InChI is InChI=1S/2C6H11NO2/c2*8-6(9)5-3-1-2-4-7-5/h2*5,7H,1-4H2,(H,8,9)/t5-;/m1./s1. The molecule has 0 aliphatic carbocycles. The van der Waals surface area contributed by atoms with Crippen LogP contribution in [-0.4, -0.2) is 47.3 Å². The molecule has 2 aliphatic rings. The van der Waals surface area contributed by atoms with Crippen LogP contribution in [-0.2, 0) is 9.59 Å². The van der Waals surface area contributed by atoms with E-state index in [1.807, 2.05) is 0 Å². The summed E-state index contributed by atoms with van der Waals surface area (Å²) in [6.45, 7) is 1.72. The second-order valence-corrected chi connectivity index (χ2v) is 4.68. The van der Waals surface area contributed by atoms with E-state index in [9.17, 15) is 9.59 Å². The Hall–Kier alpha value is -1.14. The molecule has 104 valence electrons. The first kappa shape index (κ1) is 14.9. The fraction of sp³-hybridized carbons (Fsp3) is 0.833. The van der Waals surface area contributed by atoms with Crippen LogP contribution in [0.4, 0.5) is 0 Å². The first-order valence-electron chi connectivity index (χ1n) is 6.53. The zero-order valence-electron chi connectivity index (χ0n) is 10.5. The molecular formula is C12H22N2O4. The summed E-state index contributed by atoms with van der Waals surface area (Å²) < 4.78 is 0. The van der Waals surface area contributed by atoms with Gasteiger partial charge in [-0.25, -0.2) is 0 Å². The van der Waals surface area contributed by atoms with Gasteiger partial charge in [0.05, 0.1) is 0 Å². The average molecular weight is 258 g/mol. The molecule has 2 rings (SSSR count). The first-order valence-corrected chi connectivity index (χ1v) is 6.53. The van der Waals surface area contributed by atoms with Gasteiger partial charge in [0, 0.05) is 0 Å². The van der Waals surface area contributed by atoms with Crippen LogP contribution < -0.4 is 10.6 Å². The van der Waals surface area contributed by atoms with Crippen molar-refractivity contribution in [3.05, 3.63) is 0 Å². The van der Waals surface area contributed by atoms with Crippen LogP contribution >= 0.6 is 0 Å². The predicted molar refractivity (Wildman–Crippen MR) is 66.6 cm³/mol. The van der Waals surface area contributed by atoms with E-state index in [1.165, 1.54) is 0 Å². The van der Waals surface area contributed by atoms with Gasteiger partial charge in [-0.1, -0.05) is 12.8 Å². The van der Waals surface area contributed by atoms with Crippen LogP contribution in [0.15, 0.2) is 0 Å². The van der Waals surface area contributed by atoms with Crippen molar-refractivity contribution in [1.82, 2.24) is 10.6 Å². The van der Waals surface area contributed by atoms with Crippen molar-refractivity contribution in [2.75, 3.05) is 13.1 Å². The van der Waals surface area contributed by atoms with Crippen LogP contribution in [0.1, 0.15) is 38.5 Å². The molecule has 0 bridgehead atoms. The molecule has 2 aliphatic heterocycles. The van der Waals surface area contributed by atoms with Gasteiger partial charge in [-0.3, -0.25) is 9.59 Å². The third-order valence-electron chi connectivity index (χ3n) is 3.22. The highest BCUT2D eigenvalue weighted by Crippen LogP contribution is 2.06. The van der Waals surface area contributed by atoms with Gasteiger partial charge >= 0.3 is 11.9 Å². The minimum atomic E-state index is -0.713. The second kappa shape index (κ2) is 8.05. The highest BCUT2D eigenvalue weighted by atomic mass is 16.4. The quantitative estimate of drug-likeness (QED) is 0.573. The van der Waals surface area contributed by atoms with Crippen molar-refractivity contribution < 1.29 is 19.8 Å². The molecule has 0 aromatic carbocycles. The smallest absolute Gasteiger partial charge is 0.320 e. The summed E-state index contributed by atoms with van der Waals surface area (Å²) in [7, 11) is 0. The molecule has 6 nitrogen and oxygen atoms in total. The van der Waals surface area contributed by atoms with Gasteiger partial charge in [-0.15, -0.1) is 0 Å². The van der Waals surface area contributed by atoms with E-state index in [-0.39, 0.29) is 12.1 Å². The normalized spacial score (nSPS) is 27.8. The summed E-state index contributed by atoms with van der Waals surface area (Å²) in [5.74, 6) is -1.43. The molecule has 6 heteroatoms. The summed E-state index contributed by atoms with van der Waals surface area (Å²) >= 11 is 0. The van der Waals surface area contributed by atoms with Gasteiger partial charge < -0.3 is 20.8 Å². The number of hydrogen-bond acceptors (Lipinski definition) is 4. The van der Waals surface area contributed by atoms with E-state index >= 15 is 0 Å². The highest BCUT2D eigenvalue weighted by Gasteiger charge is 2.19. The number of aliphatic carboxylic acids is 2. The fourth-order valence-electron chi connectivity index (χ4n) is 2.13. The van der Waals surface area contributed by atoms with Crippen LogP contribution in [0.25, 0.3) is 0 Å². The average Bonchev–Trinajstić information content (AvgIpc) is 2.41. The molecule has 0 saturated carbocycles. The molecule has 1 unspecified atom stereocenters. The Morgan fingerprint density at radius 2 is 1.17 bits per heavy atom. The minimum absolute atomic E-state index is 0.279. The van der Waals surface area contributed by atoms with Gasteiger partial charge in [0.15, 0.2) is 0 Å². The topological polar surface area (TPSA) is 98.7 Å². The zero-order chi connectivity index (χ0) is 13.4. The van der Waals surface area contributed by atoms with E-state index in [2.05, 4.69) is 10.6 Å². The summed E-state index contributed by atoms with van der Waals surface area (Å²) in [4.78, 5) is 20.6. The molecule has 0 radical (unpaired) electrons. The van der Waals surface area contributed by atoms with Crippen LogP contribution in [0.5, 0.6) is 0 Å². The van der Waals surface area contributed by atoms with E-state index < -0.39 is 11.9 Å². The SMILES string of the molecule is O=C(O)C1CCCCN1.O=C(O)[C@H]1CCCCN1. The molecule has 2 atom stereocenters. The van der Waals surface area contributed by atoms with Crippen molar-refractivity contribution in [3.63, 3.8) is 0 Å². The Labute approximate surface area is 107 Å². The number of carboxylic acids is 2. The van der Waals surface area contributed by atoms with Gasteiger partial charge in [0.2, 0.25) is 0 Å². The minimum Gasteiger partial charge on any atom is -0.480 e. The molecule has 0 amide bonds. The molecule has 0 spiro atoms. The van der Waals surface area contributed by atoms with Gasteiger partial charge in [-0.2, -0.15) is 0 Å². The van der Waals surface area contributed by atoms with Crippen LogP contribution in [0.3, 0.4) is 0 Å². The monoisotopic (exact) mass is 258 g/mol. The van der Waals surface area contributed by atoms with Crippen molar-refractivity contribution in [1.29, 1.82) is 0 Å². The maximum atomic E-state index is 10.3. The largest absolute Gasteiger partial charge is 0.480 e. The Morgan fingerprint density at radius 1 is 0.778 bits per heavy atom. The van der Waals surface area contributed by atoms with Crippen molar-refractivity contribution in [2.24, 2.45) is 0 Å². The number of hydrogen-bond donors (Lipinski definition) is 4. The summed E-state index contributed by atoms with van der Waals surface area (Å²) in [6, 6.07) is -0.558. The maximum Gasteiger partial charge on any atom is 0.320 e. The maximum absolute atomic E-state index is 10.3. The van der Waals surface area contributed by atoms with Crippen molar-refractivity contribution >= 4 is 11.9 Å². The summed E-state index contributed by atoms with van der Waals surface area (Å²) in [5, 5.41) is 22.8. The van der Waals surface area contributed by atoms with Gasteiger partial charge in [0.25, 0.3) is 0 Å².